The molecule has 0 radical (unpaired) electrons. The molecule has 1 aromatic carbocycles. The minimum absolute atomic E-state index is 0. The number of hydrogen-bond acceptors (Lipinski definition) is 0. The SMILES string of the molecule is Cl.Cl[CH]([Zn])c1ccccc1. The van der Waals surface area contributed by atoms with Crippen LogP contribution in [0.4, 0.5) is 0 Å². The summed E-state index contributed by atoms with van der Waals surface area (Å²) in [6.07, 6.45) is 0. The van der Waals surface area contributed by atoms with Gasteiger partial charge in [0.15, 0.2) is 0 Å². The maximum atomic E-state index is 5.86. The average Bonchev–Trinajstić information content (AvgIpc) is 1.90. The fourth-order valence-corrected chi connectivity index (χ4v) is 1.38. The van der Waals surface area contributed by atoms with Gasteiger partial charge in [-0.2, -0.15) is 0 Å². The Morgan fingerprint density at radius 2 is 1.70 bits per heavy atom. The van der Waals surface area contributed by atoms with Crippen LogP contribution in [0.2, 0.25) is 0 Å². The monoisotopic (exact) mass is 225 g/mol. The van der Waals surface area contributed by atoms with Crippen LogP contribution < -0.4 is 0 Å². The molecule has 0 amide bonds. The molecule has 0 heterocycles. The molecule has 0 fully saturated rings. The van der Waals surface area contributed by atoms with E-state index in [1.165, 1.54) is 5.56 Å². The first-order chi connectivity index (χ1) is 4.30. The van der Waals surface area contributed by atoms with Crippen LogP contribution in [-0.2, 0) is 18.3 Å². The van der Waals surface area contributed by atoms with E-state index in [-0.39, 0.29) is 16.4 Å². The molecule has 1 unspecified atom stereocenters. The van der Waals surface area contributed by atoms with Gasteiger partial charge in [0.2, 0.25) is 0 Å². The van der Waals surface area contributed by atoms with Gasteiger partial charge in [0, 0.05) is 0 Å². The first kappa shape index (κ1) is 10.4. The van der Waals surface area contributed by atoms with Crippen LogP contribution >= 0.6 is 24.0 Å². The van der Waals surface area contributed by atoms with Gasteiger partial charge in [-0.05, 0) is 0 Å². The Bertz CT molecular complexity index is 174. The number of rotatable bonds is 1. The molecule has 10 heavy (non-hydrogen) atoms. The van der Waals surface area contributed by atoms with Crippen LogP contribution in [0.15, 0.2) is 30.3 Å². The zero-order valence-electron chi connectivity index (χ0n) is 5.46. The van der Waals surface area contributed by atoms with E-state index in [1.807, 2.05) is 18.2 Å². The molecule has 0 aliphatic heterocycles. The van der Waals surface area contributed by atoms with Crippen molar-refractivity contribution in [2.75, 3.05) is 0 Å². The second kappa shape index (κ2) is 5.12. The Morgan fingerprint density at radius 3 is 2.00 bits per heavy atom. The van der Waals surface area contributed by atoms with E-state index < -0.39 is 0 Å². The first-order valence-electron chi connectivity index (χ1n) is 2.83. The molecule has 1 aromatic rings. The first-order valence-corrected chi connectivity index (χ1v) is 4.98. The fraction of sp³-hybridized carbons (Fsp3) is 0.143. The van der Waals surface area contributed by atoms with Crippen LogP contribution in [0.3, 0.4) is 0 Å². The van der Waals surface area contributed by atoms with E-state index in [1.54, 1.807) is 0 Å². The molecule has 0 aliphatic carbocycles. The van der Waals surface area contributed by atoms with Gasteiger partial charge < -0.3 is 0 Å². The van der Waals surface area contributed by atoms with Crippen LogP contribution in [0.25, 0.3) is 0 Å². The van der Waals surface area contributed by atoms with Crippen molar-refractivity contribution in [2.45, 2.75) is 3.97 Å². The van der Waals surface area contributed by atoms with Crippen molar-refractivity contribution in [3.05, 3.63) is 35.9 Å². The van der Waals surface area contributed by atoms with Gasteiger partial charge in [0.05, 0.1) is 0 Å². The Morgan fingerprint density at radius 1 is 1.20 bits per heavy atom. The topological polar surface area (TPSA) is 0 Å². The maximum absolute atomic E-state index is 5.86. The van der Waals surface area contributed by atoms with Crippen molar-refractivity contribution >= 4 is 24.0 Å². The van der Waals surface area contributed by atoms with Crippen molar-refractivity contribution in [2.24, 2.45) is 0 Å². The van der Waals surface area contributed by atoms with E-state index in [4.69, 9.17) is 11.6 Å². The molecule has 0 spiro atoms. The summed E-state index contributed by atoms with van der Waals surface area (Å²) >= 11 is 6.98. The third-order valence-corrected chi connectivity index (χ3v) is 2.40. The molecule has 3 heteroatoms. The molecular weight excluding hydrogens is 220 g/mol. The molecule has 0 bridgehead atoms. The zero-order valence-corrected chi connectivity index (χ0v) is 10.00. The molecule has 1 atom stereocenters. The van der Waals surface area contributed by atoms with Crippen molar-refractivity contribution in [1.82, 2.24) is 0 Å². The van der Waals surface area contributed by atoms with E-state index >= 15 is 0 Å². The average molecular weight is 227 g/mol. The van der Waals surface area contributed by atoms with Crippen LogP contribution in [0, 0.1) is 0 Å². The summed E-state index contributed by atoms with van der Waals surface area (Å²) in [5, 5.41) is 0. The Labute approximate surface area is 82.1 Å². The number of halogens is 2. The third-order valence-electron chi connectivity index (χ3n) is 1.16. The quantitative estimate of drug-likeness (QED) is 0.511. The van der Waals surface area contributed by atoms with Crippen LogP contribution in [-0.4, -0.2) is 0 Å². The fourth-order valence-electron chi connectivity index (χ4n) is 0.662. The van der Waals surface area contributed by atoms with Gasteiger partial charge in [-0.1, -0.05) is 0 Å². The van der Waals surface area contributed by atoms with Gasteiger partial charge in [-0.25, -0.2) is 0 Å². The summed E-state index contributed by atoms with van der Waals surface area (Å²) < 4.78 is 0.256. The van der Waals surface area contributed by atoms with Crippen LogP contribution in [0.1, 0.15) is 9.53 Å². The molecule has 0 N–H and O–H groups in total. The molecule has 1 rings (SSSR count). The molecule has 0 saturated heterocycles. The summed E-state index contributed by atoms with van der Waals surface area (Å²) in [4.78, 5) is 0. The zero-order chi connectivity index (χ0) is 6.69. The second-order valence-corrected chi connectivity index (χ2v) is 5.20. The minimum atomic E-state index is 0. The second-order valence-electron chi connectivity index (χ2n) is 1.88. The molecular formula is C7H7Cl2Zn. The number of alkyl halides is 1. The van der Waals surface area contributed by atoms with Gasteiger partial charge >= 0.3 is 69.8 Å². The van der Waals surface area contributed by atoms with Crippen molar-refractivity contribution in [3.63, 3.8) is 0 Å². The summed E-state index contributed by atoms with van der Waals surface area (Å²) in [5.41, 5.74) is 1.24. The van der Waals surface area contributed by atoms with Gasteiger partial charge in [0.25, 0.3) is 0 Å². The predicted molar refractivity (Wildman–Crippen MR) is 42.3 cm³/mol. The summed E-state index contributed by atoms with van der Waals surface area (Å²) in [6, 6.07) is 10.1. The van der Waals surface area contributed by atoms with Crippen molar-refractivity contribution in [1.29, 1.82) is 0 Å². The molecule has 51 valence electrons. The number of hydrogen-bond donors (Lipinski definition) is 0. The summed E-state index contributed by atoms with van der Waals surface area (Å²) in [7, 11) is 0. The van der Waals surface area contributed by atoms with Gasteiger partial charge in [-0.3, -0.25) is 0 Å². The number of benzene rings is 1. The van der Waals surface area contributed by atoms with Crippen molar-refractivity contribution < 1.29 is 18.3 Å². The molecule has 0 aliphatic rings. The Hall–Kier alpha value is 0.423. The predicted octanol–water partition coefficient (Wildman–Crippen LogP) is 2.89. The van der Waals surface area contributed by atoms with E-state index in [2.05, 4.69) is 12.1 Å². The summed E-state index contributed by atoms with van der Waals surface area (Å²) in [6.45, 7) is 0. The molecule has 0 saturated carbocycles. The standard InChI is InChI=1S/C7H6Cl.ClH.Zn/c8-6-7-4-2-1-3-5-7;;/h1-6H;1H;. The van der Waals surface area contributed by atoms with Gasteiger partial charge in [0.1, 0.15) is 0 Å². The Balaban J connectivity index is 0.000000810. The van der Waals surface area contributed by atoms with E-state index in [0.717, 1.165) is 18.3 Å². The summed E-state index contributed by atoms with van der Waals surface area (Å²) in [5.74, 6) is 0. The van der Waals surface area contributed by atoms with Gasteiger partial charge in [-0.15, -0.1) is 12.4 Å². The Kier molecular flexibility index (Phi) is 5.34. The van der Waals surface area contributed by atoms with Crippen LogP contribution in [0.5, 0.6) is 0 Å². The van der Waals surface area contributed by atoms with E-state index in [9.17, 15) is 0 Å². The molecule has 0 nitrogen and oxygen atoms in total. The van der Waals surface area contributed by atoms with E-state index in [0.29, 0.717) is 0 Å². The molecule has 0 aromatic heterocycles. The normalized spacial score (nSPS) is 11.9. The third kappa shape index (κ3) is 3.01. The van der Waals surface area contributed by atoms with Crippen molar-refractivity contribution in [3.8, 4) is 0 Å².